The van der Waals surface area contributed by atoms with Crippen molar-refractivity contribution in [3.63, 3.8) is 0 Å². The third-order valence-corrected chi connectivity index (χ3v) is 5.25. The van der Waals surface area contributed by atoms with E-state index in [2.05, 4.69) is 11.5 Å². The molecule has 3 atom stereocenters. The van der Waals surface area contributed by atoms with E-state index in [1.165, 1.54) is 12.1 Å². The first-order valence-electron chi connectivity index (χ1n) is 8.30. The van der Waals surface area contributed by atoms with Gasteiger partial charge in [0.05, 0.1) is 11.5 Å². The monoisotopic (exact) mass is 315 g/mol. The minimum absolute atomic E-state index is 0.236. The van der Waals surface area contributed by atoms with Gasteiger partial charge in [-0.1, -0.05) is 19.1 Å². The van der Waals surface area contributed by atoms with Gasteiger partial charge in [0.25, 0.3) is 0 Å². The Balaban J connectivity index is 1.72. The van der Waals surface area contributed by atoms with Gasteiger partial charge in [-0.15, -0.1) is 0 Å². The zero-order valence-corrected chi connectivity index (χ0v) is 13.4. The molecule has 1 aliphatic heterocycles. The maximum absolute atomic E-state index is 13.0. The van der Waals surface area contributed by atoms with E-state index in [4.69, 9.17) is 0 Å². The van der Waals surface area contributed by atoms with Crippen molar-refractivity contribution in [1.82, 2.24) is 10.4 Å². The van der Waals surface area contributed by atoms with Gasteiger partial charge in [-0.2, -0.15) is 5.26 Å². The summed E-state index contributed by atoms with van der Waals surface area (Å²) in [6, 6.07) is 8.52. The molecule has 2 bridgehead atoms. The minimum atomic E-state index is -0.495. The van der Waals surface area contributed by atoms with E-state index in [0.717, 1.165) is 31.2 Å². The predicted octanol–water partition coefficient (Wildman–Crippen LogP) is 2.95. The number of carbonyl (C=O) groups is 1. The molecule has 2 fully saturated rings. The second-order valence-electron chi connectivity index (χ2n) is 6.63. The average Bonchev–Trinajstić information content (AvgIpc) is 3.12. The molecule has 1 heterocycles. The molecule has 3 rings (SSSR count). The summed E-state index contributed by atoms with van der Waals surface area (Å²) in [4.78, 5) is 12.6. The van der Waals surface area contributed by atoms with Crippen molar-refractivity contribution >= 4 is 5.78 Å². The molecule has 2 aliphatic rings. The summed E-state index contributed by atoms with van der Waals surface area (Å²) in [6.45, 7) is 2.54. The molecule has 1 saturated carbocycles. The van der Waals surface area contributed by atoms with Crippen LogP contribution in [0.3, 0.4) is 0 Å². The largest absolute Gasteiger partial charge is 0.299 e. The Morgan fingerprint density at radius 1 is 1.48 bits per heavy atom. The molecular formula is C18H22FN3O. The van der Waals surface area contributed by atoms with Gasteiger partial charge in [0.15, 0.2) is 0 Å². The van der Waals surface area contributed by atoms with Crippen molar-refractivity contribution in [1.29, 1.82) is 5.26 Å². The summed E-state index contributed by atoms with van der Waals surface area (Å²) < 4.78 is 13.0. The molecule has 0 aromatic heterocycles. The second-order valence-corrected chi connectivity index (χ2v) is 6.63. The van der Waals surface area contributed by atoms with Gasteiger partial charge in [0.2, 0.25) is 0 Å². The number of ketones is 1. The molecule has 1 aromatic rings. The van der Waals surface area contributed by atoms with Crippen LogP contribution in [0.25, 0.3) is 0 Å². The first kappa shape index (κ1) is 16.1. The molecule has 1 aromatic carbocycles. The number of fused-ring (bicyclic) bond motifs is 2. The fraction of sp³-hybridized carbons (Fsp3) is 0.556. The molecule has 0 amide bonds. The predicted molar refractivity (Wildman–Crippen MR) is 84.5 cm³/mol. The maximum Gasteiger partial charge on any atom is 0.141 e. The van der Waals surface area contributed by atoms with Gasteiger partial charge in [0.1, 0.15) is 17.6 Å². The first-order chi connectivity index (χ1) is 11.1. The highest BCUT2D eigenvalue weighted by molar-refractivity contribution is 5.87. The Kier molecular flexibility index (Phi) is 4.47. The number of benzene rings is 1. The number of nitriles is 1. The maximum atomic E-state index is 13.0. The van der Waals surface area contributed by atoms with Crippen LogP contribution < -0.4 is 5.43 Å². The fourth-order valence-corrected chi connectivity index (χ4v) is 4.08. The molecule has 122 valence electrons. The lowest BCUT2D eigenvalue weighted by Gasteiger charge is -2.36. The average molecular weight is 315 g/mol. The number of hydrogen-bond donors (Lipinski definition) is 1. The van der Waals surface area contributed by atoms with Crippen LogP contribution >= 0.6 is 0 Å². The number of nitrogens with one attached hydrogen (secondary N) is 1. The highest BCUT2D eigenvalue weighted by atomic mass is 19.1. The molecule has 1 aliphatic carbocycles. The highest BCUT2D eigenvalue weighted by Gasteiger charge is 2.60. The van der Waals surface area contributed by atoms with Crippen molar-refractivity contribution in [3.8, 4) is 6.07 Å². The van der Waals surface area contributed by atoms with Crippen molar-refractivity contribution in [2.75, 3.05) is 0 Å². The Morgan fingerprint density at radius 3 is 2.87 bits per heavy atom. The SMILES string of the molecule is CCCC(=O)C12CCC(C1)N(NCc1ccc(F)cc1)C2C#N. The number of nitrogens with zero attached hydrogens (tertiary/aromatic N) is 2. The van der Waals surface area contributed by atoms with Gasteiger partial charge in [-0.05, 0) is 43.4 Å². The summed E-state index contributed by atoms with van der Waals surface area (Å²) in [6.07, 6.45) is 3.93. The van der Waals surface area contributed by atoms with Crippen LogP contribution in [0.4, 0.5) is 4.39 Å². The zero-order chi connectivity index (χ0) is 16.4. The minimum Gasteiger partial charge on any atom is -0.299 e. The van der Waals surface area contributed by atoms with Gasteiger partial charge >= 0.3 is 0 Å². The molecule has 23 heavy (non-hydrogen) atoms. The Hall–Kier alpha value is -1.77. The van der Waals surface area contributed by atoms with E-state index in [9.17, 15) is 14.4 Å². The summed E-state index contributed by atoms with van der Waals surface area (Å²) in [7, 11) is 0. The Labute approximate surface area is 136 Å². The number of halogens is 1. The Bertz CT molecular complexity index is 624. The summed E-state index contributed by atoms with van der Waals surface area (Å²) in [5.41, 5.74) is 3.77. The van der Waals surface area contributed by atoms with Gasteiger partial charge in [0, 0.05) is 19.0 Å². The summed E-state index contributed by atoms with van der Waals surface area (Å²) in [5, 5.41) is 11.6. The van der Waals surface area contributed by atoms with E-state index in [1.54, 1.807) is 12.1 Å². The zero-order valence-electron chi connectivity index (χ0n) is 13.4. The molecule has 4 nitrogen and oxygen atoms in total. The van der Waals surface area contributed by atoms with Crippen molar-refractivity contribution in [2.24, 2.45) is 5.41 Å². The van der Waals surface area contributed by atoms with Gasteiger partial charge in [-0.3, -0.25) is 4.79 Å². The quantitative estimate of drug-likeness (QED) is 0.877. The number of carbonyl (C=O) groups excluding carboxylic acids is 1. The first-order valence-corrected chi connectivity index (χ1v) is 8.30. The molecular weight excluding hydrogens is 293 g/mol. The molecule has 1 saturated heterocycles. The number of hydrazine groups is 1. The second kappa shape index (κ2) is 6.38. The summed E-state index contributed by atoms with van der Waals surface area (Å²) >= 11 is 0. The van der Waals surface area contributed by atoms with E-state index < -0.39 is 11.5 Å². The lowest BCUT2D eigenvalue weighted by molar-refractivity contribution is -0.130. The third kappa shape index (κ3) is 2.77. The van der Waals surface area contributed by atoms with Crippen LogP contribution in [0.1, 0.15) is 44.6 Å². The van der Waals surface area contributed by atoms with Gasteiger partial charge in [-0.25, -0.2) is 14.8 Å². The number of hydrogen-bond acceptors (Lipinski definition) is 4. The van der Waals surface area contributed by atoms with E-state index in [1.807, 2.05) is 11.9 Å². The van der Waals surface area contributed by atoms with Crippen LogP contribution in [0, 0.1) is 22.6 Å². The molecule has 1 N–H and O–H groups in total. The van der Waals surface area contributed by atoms with Crippen LogP contribution in [0.5, 0.6) is 0 Å². The molecule has 3 unspecified atom stereocenters. The number of Topliss-reactive ketones (excluding diaryl/α,β-unsaturated/α-hetero) is 1. The third-order valence-electron chi connectivity index (χ3n) is 5.25. The van der Waals surface area contributed by atoms with Crippen LogP contribution in [0.2, 0.25) is 0 Å². The number of piperidine rings is 1. The van der Waals surface area contributed by atoms with E-state index in [0.29, 0.717) is 13.0 Å². The standard InChI is InChI=1S/C18H22FN3O/c1-2-3-17(23)18-9-8-15(10-18)22(16(18)11-20)21-12-13-4-6-14(19)7-5-13/h4-7,15-16,21H,2-3,8-10,12H2,1H3. The lowest BCUT2D eigenvalue weighted by atomic mass is 9.75. The smallest absolute Gasteiger partial charge is 0.141 e. The van der Waals surface area contributed by atoms with Crippen LogP contribution in [-0.4, -0.2) is 22.9 Å². The lowest BCUT2D eigenvalue weighted by Crippen LogP contribution is -2.53. The Morgan fingerprint density at radius 2 is 2.22 bits per heavy atom. The topological polar surface area (TPSA) is 56.1 Å². The fourth-order valence-electron chi connectivity index (χ4n) is 4.08. The van der Waals surface area contributed by atoms with E-state index >= 15 is 0 Å². The van der Waals surface area contributed by atoms with E-state index in [-0.39, 0.29) is 17.6 Å². The highest BCUT2D eigenvalue weighted by Crippen LogP contribution is 2.52. The van der Waals surface area contributed by atoms with Gasteiger partial charge < -0.3 is 0 Å². The normalized spacial score (nSPS) is 29.6. The van der Waals surface area contributed by atoms with Crippen LogP contribution in [0.15, 0.2) is 24.3 Å². The summed E-state index contributed by atoms with van der Waals surface area (Å²) in [5.74, 6) is -0.0203. The molecule has 0 spiro atoms. The van der Waals surface area contributed by atoms with Crippen molar-refractivity contribution in [2.45, 2.75) is 57.7 Å². The van der Waals surface area contributed by atoms with Crippen molar-refractivity contribution < 1.29 is 9.18 Å². The molecule has 5 heteroatoms. The molecule has 0 radical (unpaired) electrons. The number of rotatable bonds is 6. The van der Waals surface area contributed by atoms with Crippen molar-refractivity contribution in [3.05, 3.63) is 35.6 Å². The van der Waals surface area contributed by atoms with Crippen LogP contribution in [-0.2, 0) is 11.3 Å².